The molecule has 0 fully saturated rings. The van der Waals surface area contributed by atoms with E-state index in [4.69, 9.17) is 55.4 Å². The molecular formula is C2H5Cl5Si2. The van der Waals surface area contributed by atoms with E-state index in [0.29, 0.717) is 5.67 Å². The first-order chi connectivity index (χ1) is 3.71. The Morgan fingerprint density at radius 2 is 1.33 bits per heavy atom. The number of halogens is 5. The van der Waals surface area contributed by atoms with E-state index in [-0.39, 0.29) is 0 Å². The average Bonchev–Trinajstić information content (AvgIpc) is 1.14. The minimum atomic E-state index is -2.58. The molecule has 0 atom stereocenters. The van der Waals surface area contributed by atoms with Crippen LogP contribution in [0, 0.1) is 0 Å². The fourth-order valence-electron chi connectivity index (χ4n) is 0.352. The third-order valence-corrected chi connectivity index (χ3v) is 10.6. The Hall–Kier alpha value is 1.88. The highest BCUT2D eigenvalue weighted by molar-refractivity contribution is 7.69. The summed E-state index contributed by atoms with van der Waals surface area (Å²) in [6, 6.07) is -2.58. The molecule has 0 radical (unpaired) electrons. The molecule has 0 N–H and O–H groups in total. The maximum Gasteiger partial charge on any atom is 0.341 e. The van der Waals surface area contributed by atoms with Gasteiger partial charge in [0.25, 0.3) is 0 Å². The van der Waals surface area contributed by atoms with Crippen LogP contribution in [0.15, 0.2) is 0 Å². The fraction of sp³-hybridized carbons (Fsp3) is 1.00. The quantitative estimate of drug-likeness (QED) is 0.525. The van der Waals surface area contributed by atoms with Crippen molar-refractivity contribution in [1.29, 1.82) is 0 Å². The van der Waals surface area contributed by atoms with E-state index in [1.165, 1.54) is 0 Å². The fourth-order valence-corrected chi connectivity index (χ4v) is 17.7. The Balaban J connectivity index is 3.75. The molecule has 0 aliphatic rings. The molecule has 0 aromatic rings. The van der Waals surface area contributed by atoms with Crippen molar-refractivity contribution in [2.45, 2.75) is 12.2 Å². The Labute approximate surface area is 79.9 Å². The highest BCUT2D eigenvalue weighted by Gasteiger charge is 2.36. The van der Waals surface area contributed by atoms with Gasteiger partial charge in [-0.2, -0.15) is 0 Å². The summed E-state index contributed by atoms with van der Waals surface area (Å²) in [6.07, 6.45) is 0. The van der Waals surface area contributed by atoms with Crippen LogP contribution in [0.4, 0.5) is 0 Å². The Bertz CT molecular complexity index is 78.1. The summed E-state index contributed by atoms with van der Waals surface area (Å²) < 4.78 is 0. The summed E-state index contributed by atoms with van der Waals surface area (Å²) in [5.41, 5.74) is 0.397. The zero-order valence-electron chi connectivity index (χ0n) is 4.60. The average molecular weight is 262 g/mol. The topological polar surface area (TPSA) is 0 Å². The summed E-state index contributed by atoms with van der Waals surface area (Å²) in [5, 5.41) is 0. The van der Waals surface area contributed by atoms with Gasteiger partial charge >= 0.3 is 6.00 Å². The van der Waals surface area contributed by atoms with Crippen molar-refractivity contribution in [3.8, 4) is 0 Å². The number of rotatable bonds is 2. The molecule has 0 heterocycles. The first-order valence-electron chi connectivity index (χ1n) is 2.15. The second-order valence-electron chi connectivity index (χ2n) is 1.86. The third-order valence-electron chi connectivity index (χ3n) is 0.511. The summed E-state index contributed by atoms with van der Waals surface area (Å²) in [6.45, 7) is -0.441. The summed E-state index contributed by atoms with van der Waals surface area (Å²) in [4.78, 5) is 0. The van der Waals surface area contributed by atoms with Crippen molar-refractivity contribution in [1.82, 2.24) is 0 Å². The van der Waals surface area contributed by atoms with E-state index in [2.05, 4.69) is 0 Å². The van der Waals surface area contributed by atoms with E-state index in [0.717, 1.165) is 0 Å². The Morgan fingerprint density at radius 1 is 1.00 bits per heavy atom. The molecule has 0 amide bonds. The maximum absolute atomic E-state index is 5.70. The van der Waals surface area contributed by atoms with Crippen molar-refractivity contribution >= 4 is 68.1 Å². The predicted molar refractivity (Wildman–Crippen MR) is 51.4 cm³/mol. The molecule has 0 unspecified atom stereocenters. The van der Waals surface area contributed by atoms with Gasteiger partial charge in [-0.25, -0.2) is 0 Å². The van der Waals surface area contributed by atoms with Crippen LogP contribution in [0.5, 0.6) is 0 Å². The van der Waals surface area contributed by atoms with Gasteiger partial charge in [0.15, 0.2) is 0 Å². The van der Waals surface area contributed by atoms with Gasteiger partial charge in [-0.3, -0.25) is 0 Å². The van der Waals surface area contributed by atoms with Gasteiger partial charge in [-0.1, -0.05) is 0 Å². The molecule has 0 aliphatic carbocycles. The van der Waals surface area contributed by atoms with Crippen LogP contribution in [-0.4, -0.2) is 12.7 Å². The van der Waals surface area contributed by atoms with Gasteiger partial charge in [0, 0.05) is 5.67 Å². The van der Waals surface area contributed by atoms with Crippen LogP contribution in [0.25, 0.3) is 0 Å². The van der Waals surface area contributed by atoms with Crippen LogP contribution < -0.4 is 0 Å². The second kappa shape index (κ2) is 3.52. The second-order valence-corrected chi connectivity index (χ2v) is 19.8. The molecule has 0 nitrogen and oxygen atoms in total. The van der Waals surface area contributed by atoms with Gasteiger partial charge in [-0.05, 0) is 6.55 Å². The lowest BCUT2D eigenvalue weighted by Gasteiger charge is -2.13. The molecule has 0 rings (SSSR count). The molecule has 0 spiro atoms. The van der Waals surface area contributed by atoms with Crippen molar-refractivity contribution < 1.29 is 0 Å². The Kier molecular flexibility index (Phi) is 4.26. The molecule has 0 aromatic carbocycles. The zero-order chi connectivity index (χ0) is 7.71. The molecule has 0 saturated carbocycles. The van der Waals surface area contributed by atoms with Crippen molar-refractivity contribution in [2.24, 2.45) is 0 Å². The third kappa shape index (κ3) is 9.88. The first-order valence-corrected chi connectivity index (χ1v) is 12.1. The summed E-state index contributed by atoms with van der Waals surface area (Å²) in [7, 11) is 0. The molecule has 0 aliphatic heterocycles. The molecule has 56 valence electrons. The zero-order valence-corrected chi connectivity index (χ0v) is 10.4. The minimum absolute atomic E-state index is 0.397. The SMILES string of the molecule is C[Si](Cl)(Cl)C[Si](Cl)(Cl)Cl. The van der Waals surface area contributed by atoms with Crippen LogP contribution in [-0.2, 0) is 0 Å². The predicted octanol–water partition coefficient (Wildman–Crippen LogP) is 3.73. The standard InChI is InChI=1S/C2H5Cl5Si2/c1-8(3,4)2-9(5,6)7/h2H2,1H3. The molecular weight excluding hydrogens is 257 g/mol. The van der Waals surface area contributed by atoms with Gasteiger partial charge in [0.2, 0.25) is 6.69 Å². The van der Waals surface area contributed by atoms with Crippen molar-refractivity contribution in [3.63, 3.8) is 0 Å². The van der Waals surface area contributed by atoms with E-state index < -0.39 is 12.7 Å². The van der Waals surface area contributed by atoms with E-state index in [1.807, 2.05) is 0 Å². The monoisotopic (exact) mass is 260 g/mol. The van der Waals surface area contributed by atoms with Crippen LogP contribution >= 0.6 is 55.4 Å². The molecule has 0 saturated heterocycles. The largest absolute Gasteiger partial charge is 0.341 e. The lowest BCUT2D eigenvalue weighted by molar-refractivity contribution is 1.90. The summed E-state index contributed by atoms with van der Waals surface area (Å²) >= 11 is 28.1. The van der Waals surface area contributed by atoms with Gasteiger partial charge < -0.3 is 0 Å². The van der Waals surface area contributed by atoms with E-state index in [1.54, 1.807) is 6.55 Å². The normalized spacial score (nSPS) is 14.0. The van der Waals surface area contributed by atoms with Gasteiger partial charge in [0.05, 0.1) is 0 Å². The number of hydrogen-bond acceptors (Lipinski definition) is 0. The van der Waals surface area contributed by atoms with Crippen LogP contribution in [0.3, 0.4) is 0 Å². The Morgan fingerprint density at radius 3 is 1.33 bits per heavy atom. The lowest BCUT2D eigenvalue weighted by atomic mass is 11.8. The smallest absolute Gasteiger partial charge is 0.146 e. The molecule has 7 heteroatoms. The minimum Gasteiger partial charge on any atom is -0.146 e. The molecule has 0 bridgehead atoms. The highest BCUT2D eigenvalue weighted by Crippen LogP contribution is 2.34. The van der Waals surface area contributed by atoms with E-state index >= 15 is 0 Å². The first kappa shape index (κ1) is 10.9. The highest BCUT2D eigenvalue weighted by atomic mass is 35.8. The summed E-state index contributed by atoms with van der Waals surface area (Å²) in [5.74, 6) is 0. The number of hydrogen-bond donors (Lipinski definition) is 0. The van der Waals surface area contributed by atoms with Gasteiger partial charge in [0.1, 0.15) is 0 Å². The maximum atomic E-state index is 5.70. The van der Waals surface area contributed by atoms with Gasteiger partial charge in [-0.15, -0.1) is 55.4 Å². The lowest BCUT2D eigenvalue weighted by Crippen LogP contribution is -2.25. The molecule has 9 heavy (non-hydrogen) atoms. The van der Waals surface area contributed by atoms with Crippen molar-refractivity contribution in [2.75, 3.05) is 0 Å². The van der Waals surface area contributed by atoms with E-state index in [9.17, 15) is 0 Å². The van der Waals surface area contributed by atoms with Crippen LogP contribution in [0.1, 0.15) is 0 Å². The molecule has 0 aromatic heterocycles. The van der Waals surface area contributed by atoms with Crippen molar-refractivity contribution in [3.05, 3.63) is 0 Å². The van der Waals surface area contributed by atoms with Crippen LogP contribution in [0.2, 0.25) is 12.2 Å².